The number of hydrogen-bond donors (Lipinski definition) is 1. The number of nitrogens with zero attached hydrogens (tertiary/aromatic N) is 2. The number of carbonyl (C=O) groups excluding carboxylic acids is 2. The lowest BCUT2D eigenvalue weighted by molar-refractivity contribution is -0.133. The lowest BCUT2D eigenvalue weighted by Crippen LogP contribution is -2.49. The van der Waals surface area contributed by atoms with Crippen LogP contribution in [0.2, 0.25) is 0 Å². The van der Waals surface area contributed by atoms with Gasteiger partial charge < -0.3 is 15.0 Å². The summed E-state index contributed by atoms with van der Waals surface area (Å²) in [4.78, 5) is 28.4. The third-order valence-corrected chi connectivity index (χ3v) is 5.20. The van der Waals surface area contributed by atoms with E-state index < -0.39 is 11.7 Å². The summed E-state index contributed by atoms with van der Waals surface area (Å²) in [6.07, 6.45) is 7.66. The van der Waals surface area contributed by atoms with Crippen molar-refractivity contribution in [2.45, 2.75) is 71.3 Å². The van der Waals surface area contributed by atoms with Gasteiger partial charge in [-0.1, -0.05) is 19.3 Å². The van der Waals surface area contributed by atoms with Gasteiger partial charge in [-0.05, 0) is 46.0 Å². The summed E-state index contributed by atoms with van der Waals surface area (Å²) < 4.78 is 5.18. The minimum absolute atomic E-state index is 0.202. The molecule has 0 unspecified atom stereocenters. The molecule has 2 amide bonds. The smallest absolute Gasteiger partial charge is 0.407 e. The number of piperazine rings is 1. The minimum atomic E-state index is -0.489. The Morgan fingerprint density at radius 2 is 1.69 bits per heavy atom. The molecule has 1 saturated carbocycles. The molecule has 0 radical (unpaired) electrons. The molecule has 0 atom stereocenters. The van der Waals surface area contributed by atoms with E-state index in [2.05, 4.69) is 10.2 Å². The Morgan fingerprint density at radius 1 is 1.04 bits per heavy atom. The average molecular weight is 368 g/mol. The summed E-state index contributed by atoms with van der Waals surface area (Å²) in [6.45, 7) is 10.9. The third kappa shape index (κ3) is 7.94. The Bertz CT molecular complexity index is 448. The standard InChI is InChI=1S/C20H37N3O3/c1-20(2,3)26-19(25)21-11-7-10-18(24)23-14-12-22(13-15-23)16-17-8-5-4-6-9-17/h17H,4-16H2,1-3H3,(H,21,25). The first kappa shape index (κ1) is 21.0. The third-order valence-electron chi connectivity index (χ3n) is 5.20. The van der Waals surface area contributed by atoms with Crippen LogP contribution in [-0.4, -0.2) is 66.7 Å². The van der Waals surface area contributed by atoms with Crippen molar-refractivity contribution in [3.63, 3.8) is 0 Å². The molecule has 0 bridgehead atoms. The summed E-state index contributed by atoms with van der Waals surface area (Å²) in [7, 11) is 0. The zero-order chi connectivity index (χ0) is 19.0. The monoisotopic (exact) mass is 367 g/mol. The van der Waals surface area contributed by atoms with Crippen molar-refractivity contribution in [1.82, 2.24) is 15.1 Å². The van der Waals surface area contributed by atoms with Gasteiger partial charge in [-0.15, -0.1) is 0 Å². The van der Waals surface area contributed by atoms with E-state index in [0.29, 0.717) is 19.4 Å². The quantitative estimate of drug-likeness (QED) is 0.733. The molecular weight excluding hydrogens is 330 g/mol. The number of hydrogen-bond acceptors (Lipinski definition) is 4. The average Bonchev–Trinajstić information content (AvgIpc) is 2.58. The van der Waals surface area contributed by atoms with Crippen molar-refractivity contribution in [1.29, 1.82) is 0 Å². The SMILES string of the molecule is CC(C)(C)OC(=O)NCCCC(=O)N1CCN(CC2CCCCC2)CC1. The predicted molar refractivity (Wildman–Crippen MR) is 103 cm³/mol. The molecule has 1 aliphatic carbocycles. The molecule has 2 aliphatic rings. The van der Waals surface area contributed by atoms with Crippen LogP contribution < -0.4 is 5.32 Å². The van der Waals surface area contributed by atoms with Gasteiger partial charge in [0.1, 0.15) is 5.60 Å². The van der Waals surface area contributed by atoms with Crippen molar-refractivity contribution in [2.24, 2.45) is 5.92 Å². The first-order valence-corrected chi connectivity index (χ1v) is 10.3. The van der Waals surface area contributed by atoms with Gasteiger partial charge in [0, 0.05) is 45.7 Å². The fraction of sp³-hybridized carbons (Fsp3) is 0.900. The van der Waals surface area contributed by atoms with E-state index in [9.17, 15) is 9.59 Å². The largest absolute Gasteiger partial charge is 0.444 e. The maximum absolute atomic E-state index is 12.3. The Balaban J connectivity index is 1.56. The number of rotatable bonds is 6. The molecule has 1 N–H and O–H groups in total. The van der Waals surface area contributed by atoms with Crippen LogP contribution >= 0.6 is 0 Å². The molecule has 0 aromatic carbocycles. The van der Waals surface area contributed by atoms with Gasteiger partial charge in [0.2, 0.25) is 5.91 Å². The molecule has 1 saturated heterocycles. The highest BCUT2D eigenvalue weighted by molar-refractivity contribution is 5.76. The maximum Gasteiger partial charge on any atom is 0.407 e. The maximum atomic E-state index is 12.3. The van der Waals surface area contributed by atoms with Crippen LogP contribution in [0.3, 0.4) is 0 Å². The van der Waals surface area contributed by atoms with Gasteiger partial charge >= 0.3 is 6.09 Å². The second-order valence-corrected chi connectivity index (χ2v) is 8.72. The van der Waals surface area contributed by atoms with Crippen LogP contribution in [0.1, 0.15) is 65.7 Å². The van der Waals surface area contributed by atoms with Crippen molar-refractivity contribution in [2.75, 3.05) is 39.3 Å². The molecule has 2 fully saturated rings. The van der Waals surface area contributed by atoms with E-state index in [-0.39, 0.29) is 5.91 Å². The summed E-state index contributed by atoms with van der Waals surface area (Å²) >= 11 is 0. The topological polar surface area (TPSA) is 61.9 Å². The molecule has 1 heterocycles. The van der Waals surface area contributed by atoms with Crippen molar-refractivity contribution < 1.29 is 14.3 Å². The Hall–Kier alpha value is -1.30. The van der Waals surface area contributed by atoms with Gasteiger partial charge in [0.05, 0.1) is 0 Å². The van der Waals surface area contributed by atoms with Crippen molar-refractivity contribution in [3.05, 3.63) is 0 Å². The molecule has 0 aromatic rings. The van der Waals surface area contributed by atoms with E-state index in [0.717, 1.165) is 32.1 Å². The van der Waals surface area contributed by atoms with E-state index in [4.69, 9.17) is 4.74 Å². The van der Waals surface area contributed by atoms with Crippen LogP contribution in [0.4, 0.5) is 4.79 Å². The fourth-order valence-corrected chi connectivity index (χ4v) is 3.82. The molecule has 1 aliphatic heterocycles. The normalized spacial score (nSPS) is 20.0. The van der Waals surface area contributed by atoms with Gasteiger partial charge in [0.25, 0.3) is 0 Å². The summed E-state index contributed by atoms with van der Waals surface area (Å²) in [5.41, 5.74) is -0.489. The lowest BCUT2D eigenvalue weighted by atomic mass is 9.89. The summed E-state index contributed by atoms with van der Waals surface area (Å²) in [5, 5.41) is 2.71. The second-order valence-electron chi connectivity index (χ2n) is 8.72. The highest BCUT2D eigenvalue weighted by Gasteiger charge is 2.23. The van der Waals surface area contributed by atoms with Crippen molar-refractivity contribution >= 4 is 12.0 Å². The van der Waals surface area contributed by atoms with Gasteiger partial charge in [-0.3, -0.25) is 9.69 Å². The highest BCUT2D eigenvalue weighted by Crippen LogP contribution is 2.24. The van der Waals surface area contributed by atoms with E-state index >= 15 is 0 Å². The van der Waals surface area contributed by atoms with Crippen LogP contribution in [0.25, 0.3) is 0 Å². The predicted octanol–water partition coefficient (Wildman–Crippen LogP) is 3.02. The van der Waals surface area contributed by atoms with Crippen molar-refractivity contribution in [3.8, 4) is 0 Å². The van der Waals surface area contributed by atoms with Crippen LogP contribution in [0.15, 0.2) is 0 Å². The van der Waals surface area contributed by atoms with E-state index in [1.54, 1.807) is 0 Å². The molecule has 0 spiro atoms. The molecule has 6 heteroatoms. The fourth-order valence-electron chi connectivity index (χ4n) is 3.82. The van der Waals surface area contributed by atoms with Gasteiger partial charge in [-0.25, -0.2) is 4.79 Å². The first-order chi connectivity index (χ1) is 12.3. The summed E-state index contributed by atoms with van der Waals surface area (Å²) in [5.74, 6) is 1.07. The number of carbonyl (C=O) groups is 2. The van der Waals surface area contributed by atoms with E-state index in [1.807, 2.05) is 25.7 Å². The van der Waals surface area contributed by atoms with Crippen LogP contribution in [0, 0.1) is 5.92 Å². The summed E-state index contributed by atoms with van der Waals surface area (Å²) in [6, 6.07) is 0. The molecule has 26 heavy (non-hydrogen) atoms. The van der Waals surface area contributed by atoms with Crippen LogP contribution in [0.5, 0.6) is 0 Å². The molecule has 6 nitrogen and oxygen atoms in total. The second kappa shape index (κ2) is 10.1. The molecule has 0 aromatic heterocycles. The Morgan fingerprint density at radius 3 is 2.31 bits per heavy atom. The zero-order valence-electron chi connectivity index (χ0n) is 16.9. The van der Waals surface area contributed by atoms with E-state index in [1.165, 1.54) is 38.6 Å². The Kier molecular flexibility index (Phi) is 8.19. The number of amides is 2. The highest BCUT2D eigenvalue weighted by atomic mass is 16.6. The number of nitrogens with one attached hydrogen (secondary N) is 1. The molecular formula is C20H37N3O3. The van der Waals surface area contributed by atoms with Crippen LogP contribution in [-0.2, 0) is 9.53 Å². The van der Waals surface area contributed by atoms with Gasteiger partial charge in [0.15, 0.2) is 0 Å². The first-order valence-electron chi connectivity index (χ1n) is 10.3. The minimum Gasteiger partial charge on any atom is -0.444 e. The zero-order valence-corrected chi connectivity index (χ0v) is 16.9. The molecule has 2 rings (SSSR count). The Labute approximate surface area is 158 Å². The lowest BCUT2D eigenvalue weighted by Gasteiger charge is -2.37. The van der Waals surface area contributed by atoms with Gasteiger partial charge in [-0.2, -0.15) is 0 Å². The number of alkyl carbamates (subject to hydrolysis) is 1. The molecule has 150 valence electrons. The number of ether oxygens (including phenoxy) is 1.